The highest BCUT2D eigenvalue weighted by molar-refractivity contribution is 5.73. The summed E-state index contributed by atoms with van der Waals surface area (Å²) < 4.78 is 12.4. The van der Waals surface area contributed by atoms with Crippen molar-refractivity contribution < 1.29 is 19.4 Å². The number of nitrogens with zero attached hydrogens (tertiary/aromatic N) is 2. The number of aliphatic hydroxyl groups is 1. The molecule has 1 aliphatic carbocycles. The molecule has 3 aliphatic rings. The lowest BCUT2D eigenvalue weighted by atomic mass is 9.80. The topological polar surface area (TPSA) is 62.2 Å². The fourth-order valence-electron chi connectivity index (χ4n) is 5.52. The summed E-state index contributed by atoms with van der Waals surface area (Å²) in [6, 6.07) is 10.2. The van der Waals surface area contributed by atoms with Gasteiger partial charge in [-0.3, -0.25) is 9.69 Å². The quantitative estimate of drug-likeness (QED) is 0.818. The van der Waals surface area contributed by atoms with Crippen LogP contribution in [0.3, 0.4) is 0 Å². The summed E-state index contributed by atoms with van der Waals surface area (Å²) in [6.45, 7) is 4.22. The Kier molecular flexibility index (Phi) is 6.66. The molecule has 1 unspecified atom stereocenters. The Morgan fingerprint density at radius 3 is 2.63 bits per heavy atom. The Labute approximate surface area is 180 Å². The van der Waals surface area contributed by atoms with Crippen molar-refractivity contribution in [3.8, 4) is 5.75 Å². The third-order valence-electron chi connectivity index (χ3n) is 7.48. The van der Waals surface area contributed by atoms with Crippen LogP contribution in [0.4, 0.5) is 0 Å². The van der Waals surface area contributed by atoms with Crippen LogP contribution in [0.1, 0.15) is 51.9 Å². The van der Waals surface area contributed by atoms with Crippen LogP contribution >= 0.6 is 0 Å². The SMILES string of the molecule is CC(=O)N(C)C1CCOC2(CCN([C@H]3CCC[C@@H](Oc4ccccc4)[C@@H]3O)CC2)C1. The Morgan fingerprint density at radius 1 is 1.20 bits per heavy atom. The monoisotopic (exact) mass is 416 g/mol. The lowest BCUT2D eigenvalue weighted by Gasteiger charge is -2.50. The molecular formula is C24H36N2O4. The number of hydrogen-bond acceptors (Lipinski definition) is 5. The van der Waals surface area contributed by atoms with Crippen molar-refractivity contribution in [3.63, 3.8) is 0 Å². The van der Waals surface area contributed by atoms with E-state index in [2.05, 4.69) is 4.90 Å². The molecule has 2 heterocycles. The van der Waals surface area contributed by atoms with Gasteiger partial charge in [-0.1, -0.05) is 18.2 Å². The fraction of sp³-hybridized carbons (Fsp3) is 0.708. The zero-order valence-electron chi connectivity index (χ0n) is 18.3. The second-order valence-electron chi connectivity index (χ2n) is 9.30. The molecule has 166 valence electrons. The highest BCUT2D eigenvalue weighted by atomic mass is 16.5. The number of aliphatic hydroxyl groups excluding tert-OH is 1. The van der Waals surface area contributed by atoms with E-state index < -0.39 is 6.10 Å². The number of carbonyl (C=O) groups excluding carboxylic acids is 1. The molecular weight excluding hydrogens is 380 g/mol. The van der Waals surface area contributed by atoms with Gasteiger partial charge in [0, 0.05) is 45.8 Å². The number of hydrogen-bond donors (Lipinski definition) is 1. The summed E-state index contributed by atoms with van der Waals surface area (Å²) in [5, 5.41) is 11.1. The van der Waals surface area contributed by atoms with Crippen molar-refractivity contribution in [1.82, 2.24) is 9.80 Å². The van der Waals surface area contributed by atoms with Gasteiger partial charge in [0.25, 0.3) is 0 Å². The zero-order chi connectivity index (χ0) is 21.1. The van der Waals surface area contributed by atoms with Crippen LogP contribution in [0.5, 0.6) is 5.75 Å². The number of rotatable bonds is 4. The van der Waals surface area contributed by atoms with Crippen molar-refractivity contribution in [2.45, 2.75) is 81.8 Å². The minimum Gasteiger partial charge on any atom is -0.488 e. The maximum absolute atomic E-state index is 11.8. The summed E-state index contributed by atoms with van der Waals surface area (Å²) in [4.78, 5) is 16.1. The van der Waals surface area contributed by atoms with Crippen molar-refractivity contribution >= 4 is 5.91 Å². The number of carbonyl (C=O) groups is 1. The van der Waals surface area contributed by atoms with Crippen molar-refractivity contribution in [3.05, 3.63) is 30.3 Å². The van der Waals surface area contributed by atoms with Crippen LogP contribution in [0.25, 0.3) is 0 Å². The van der Waals surface area contributed by atoms with Gasteiger partial charge in [0.1, 0.15) is 18.0 Å². The molecule has 30 heavy (non-hydrogen) atoms. The first-order chi connectivity index (χ1) is 14.5. The molecule has 1 aromatic rings. The summed E-state index contributed by atoms with van der Waals surface area (Å²) in [6.07, 6.45) is 6.11. The van der Waals surface area contributed by atoms with Gasteiger partial charge in [-0.15, -0.1) is 0 Å². The van der Waals surface area contributed by atoms with E-state index in [1.54, 1.807) is 6.92 Å². The van der Waals surface area contributed by atoms with E-state index in [4.69, 9.17) is 9.47 Å². The normalized spacial score (nSPS) is 32.0. The zero-order valence-corrected chi connectivity index (χ0v) is 18.3. The first kappa shape index (κ1) is 21.6. The van der Waals surface area contributed by atoms with E-state index >= 15 is 0 Å². The van der Waals surface area contributed by atoms with Crippen LogP contribution in [-0.4, -0.2) is 77.5 Å². The van der Waals surface area contributed by atoms with E-state index in [-0.39, 0.29) is 29.7 Å². The lowest BCUT2D eigenvalue weighted by Crippen LogP contribution is -2.59. The molecule has 1 N–H and O–H groups in total. The molecule has 4 atom stereocenters. The molecule has 0 bridgehead atoms. The first-order valence-electron chi connectivity index (χ1n) is 11.5. The van der Waals surface area contributed by atoms with Gasteiger partial charge in [0.15, 0.2) is 0 Å². The van der Waals surface area contributed by atoms with Gasteiger partial charge >= 0.3 is 0 Å². The van der Waals surface area contributed by atoms with Gasteiger partial charge in [0.05, 0.1) is 5.60 Å². The molecule has 1 saturated carbocycles. The average Bonchev–Trinajstić information content (AvgIpc) is 2.76. The largest absolute Gasteiger partial charge is 0.488 e. The number of ether oxygens (including phenoxy) is 2. The molecule has 1 aromatic carbocycles. The summed E-state index contributed by atoms with van der Waals surface area (Å²) >= 11 is 0. The first-order valence-corrected chi connectivity index (χ1v) is 11.5. The molecule has 2 saturated heterocycles. The predicted octanol–water partition coefficient (Wildman–Crippen LogP) is 2.84. The van der Waals surface area contributed by atoms with E-state index in [1.807, 2.05) is 42.3 Å². The van der Waals surface area contributed by atoms with Gasteiger partial charge in [-0.05, 0) is 57.1 Å². The van der Waals surface area contributed by atoms with Crippen molar-refractivity contribution in [1.29, 1.82) is 0 Å². The number of likely N-dealkylation sites (tertiary alicyclic amines) is 1. The van der Waals surface area contributed by atoms with Crippen LogP contribution < -0.4 is 4.74 Å². The number of piperidine rings is 1. The maximum atomic E-state index is 11.8. The van der Waals surface area contributed by atoms with E-state index in [9.17, 15) is 9.90 Å². The van der Waals surface area contributed by atoms with Gasteiger partial charge in [-0.2, -0.15) is 0 Å². The van der Waals surface area contributed by atoms with E-state index in [1.165, 1.54) is 0 Å². The number of benzene rings is 1. The van der Waals surface area contributed by atoms with Crippen molar-refractivity contribution in [2.75, 3.05) is 26.7 Å². The highest BCUT2D eigenvalue weighted by Gasteiger charge is 2.45. The summed E-state index contributed by atoms with van der Waals surface area (Å²) in [5.74, 6) is 0.959. The van der Waals surface area contributed by atoms with Gasteiger partial charge < -0.3 is 19.5 Å². The fourth-order valence-corrected chi connectivity index (χ4v) is 5.52. The van der Waals surface area contributed by atoms with Gasteiger partial charge in [0.2, 0.25) is 5.91 Å². The molecule has 6 heteroatoms. The average molecular weight is 417 g/mol. The Balaban J connectivity index is 1.34. The number of amides is 1. The third kappa shape index (κ3) is 4.66. The van der Waals surface area contributed by atoms with E-state index in [0.717, 1.165) is 70.4 Å². The Bertz CT molecular complexity index is 704. The number of para-hydroxylation sites is 1. The third-order valence-corrected chi connectivity index (χ3v) is 7.48. The molecule has 1 spiro atoms. The Morgan fingerprint density at radius 2 is 1.93 bits per heavy atom. The molecule has 6 nitrogen and oxygen atoms in total. The molecule has 4 rings (SSSR count). The lowest BCUT2D eigenvalue weighted by molar-refractivity contribution is -0.152. The Hall–Kier alpha value is -1.63. The van der Waals surface area contributed by atoms with E-state index in [0.29, 0.717) is 0 Å². The molecule has 2 aliphatic heterocycles. The molecule has 0 radical (unpaired) electrons. The van der Waals surface area contributed by atoms with Crippen LogP contribution in [0, 0.1) is 0 Å². The minimum atomic E-state index is -0.475. The smallest absolute Gasteiger partial charge is 0.219 e. The van der Waals surface area contributed by atoms with Gasteiger partial charge in [-0.25, -0.2) is 0 Å². The molecule has 3 fully saturated rings. The summed E-state index contributed by atoms with van der Waals surface area (Å²) in [7, 11) is 1.91. The van der Waals surface area contributed by atoms with Crippen LogP contribution in [-0.2, 0) is 9.53 Å². The highest BCUT2D eigenvalue weighted by Crippen LogP contribution is 2.38. The molecule has 1 amide bonds. The second kappa shape index (κ2) is 9.25. The summed E-state index contributed by atoms with van der Waals surface area (Å²) in [5.41, 5.74) is -0.122. The predicted molar refractivity (Wildman–Crippen MR) is 115 cm³/mol. The minimum absolute atomic E-state index is 0.122. The van der Waals surface area contributed by atoms with Crippen LogP contribution in [0.15, 0.2) is 30.3 Å². The standard InChI is InChI=1S/C24H36N2O4/c1-18(27)25(2)19-11-16-29-24(17-19)12-14-26(15-13-24)21-9-6-10-22(23(21)28)30-20-7-4-3-5-8-20/h3-5,7-8,19,21-23,28H,6,9-17H2,1-2H3/t19?,21-,22+,23+/m0/s1. The second-order valence-corrected chi connectivity index (χ2v) is 9.30. The van der Waals surface area contributed by atoms with Crippen molar-refractivity contribution in [2.24, 2.45) is 0 Å². The maximum Gasteiger partial charge on any atom is 0.219 e. The van der Waals surface area contributed by atoms with Crippen LogP contribution in [0.2, 0.25) is 0 Å². The molecule has 0 aromatic heterocycles.